The third-order valence-corrected chi connectivity index (χ3v) is 6.76. The Labute approximate surface area is 203 Å². The molecule has 2 aromatic carbocycles. The third kappa shape index (κ3) is 9.26. The lowest BCUT2D eigenvalue weighted by Crippen LogP contribution is -2.47. The molecule has 0 aliphatic heterocycles. The predicted octanol–water partition coefficient (Wildman–Crippen LogP) is 6.31. The summed E-state index contributed by atoms with van der Waals surface area (Å²) in [5.41, 5.74) is 1.00. The average molecular weight is 526 g/mol. The molecule has 0 bridgehead atoms. The van der Waals surface area contributed by atoms with Gasteiger partial charge in [0.15, 0.2) is 0 Å². The lowest BCUT2D eigenvalue weighted by Gasteiger charge is -2.29. The molecule has 0 aliphatic carbocycles. The quantitative estimate of drug-likeness (QED) is 0.261. The van der Waals surface area contributed by atoms with Crippen molar-refractivity contribution in [3.05, 3.63) is 63.6 Å². The first-order chi connectivity index (χ1) is 14.9. The second-order valence-corrected chi connectivity index (χ2v) is 9.90. The van der Waals surface area contributed by atoms with Crippen LogP contribution in [0, 0.1) is 0 Å². The summed E-state index contributed by atoms with van der Waals surface area (Å²) in [5, 5.41) is 3.67. The lowest BCUT2D eigenvalue weighted by atomic mass is 10.1. The summed E-state index contributed by atoms with van der Waals surface area (Å²) in [5.74, 6) is 0.726. The zero-order valence-electron chi connectivity index (χ0n) is 18.1. The van der Waals surface area contributed by atoms with Gasteiger partial charge < -0.3 is 10.2 Å². The Kier molecular flexibility index (Phi) is 11.5. The minimum Gasteiger partial charge on any atom is -0.354 e. The van der Waals surface area contributed by atoms with Crippen LogP contribution in [0.4, 0.5) is 0 Å². The average Bonchev–Trinajstić information content (AvgIpc) is 2.77. The number of amides is 2. The highest BCUT2D eigenvalue weighted by Gasteiger charge is 2.25. The Morgan fingerprint density at radius 1 is 1.10 bits per heavy atom. The third-order valence-electron chi connectivity index (χ3n) is 4.88. The number of carbonyl (C=O) groups is 2. The van der Waals surface area contributed by atoms with Crippen LogP contribution in [-0.2, 0) is 16.1 Å². The molecule has 0 saturated carbocycles. The molecule has 2 rings (SSSR count). The van der Waals surface area contributed by atoms with E-state index in [4.69, 9.17) is 11.6 Å². The summed E-state index contributed by atoms with van der Waals surface area (Å²) in [6, 6.07) is 15.0. The Morgan fingerprint density at radius 2 is 1.77 bits per heavy atom. The molecule has 2 amide bonds. The van der Waals surface area contributed by atoms with Crippen molar-refractivity contribution in [2.45, 2.75) is 57.0 Å². The number of hydrogen-bond donors (Lipinski definition) is 1. The largest absolute Gasteiger partial charge is 0.354 e. The van der Waals surface area contributed by atoms with Crippen molar-refractivity contribution in [1.82, 2.24) is 10.2 Å². The molecule has 2 aromatic rings. The monoisotopic (exact) mass is 524 g/mol. The normalized spacial score (nSPS) is 11.7. The van der Waals surface area contributed by atoms with E-state index in [9.17, 15) is 9.59 Å². The van der Waals surface area contributed by atoms with Gasteiger partial charge >= 0.3 is 0 Å². The minimum absolute atomic E-state index is 0.00207. The number of thioether (sulfide) groups is 1. The van der Waals surface area contributed by atoms with E-state index in [0.29, 0.717) is 24.5 Å². The van der Waals surface area contributed by atoms with E-state index < -0.39 is 6.04 Å². The van der Waals surface area contributed by atoms with Gasteiger partial charge in [-0.05, 0) is 67.5 Å². The van der Waals surface area contributed by atoms with Gasteiger partial charge in [0, 0.05) is 33.9 Å². The van der Waals surface area contributed by atoms with Gasteiger partial charge in [0.05, 0.1) is 0 Å². The van der Waals surface area contributed by atoms with Crippen LogP contribution in [-0.4, -0.2) is 35.1 Å². The molecule has 1 unspecified atom stereocenters. The number of halogens is 2. The molecule has 0 spiro atoms. The number of rotatable bonds is 12. The van der Waals surface area contributed by atoms with Gasteiger partial charge in [-0.2, -0.15) is 0 Å². The van der Waals surface area contributed by atoms with Gasteiger partial charge in [0.1, 0.15) is 6.04 Å². The molecular weight excluding hydrogens is 496 g/mol. The molecule has 0 heterocycles. The highest BCUT2D eigenvalue weighted by Crippen LogP contribution is 2.22. The number of benzene rings is 2. The van der Waals surface area contributed by atoms with Gasteiger partial charge in [-0.25, -0.2) is 0 Å². The topological polar surface area (TPSA) is 49.4 Å². The van der Waals surface area contributed by atoms with E-state index in [1.54, 1.807) is 23.6 Å². The van der Waals surface area contributed by atoms with Crippen molar-refractivity contribution in [3.63, 3.8) is 0 Å². The van der Waals surface area contributed by atoms with Crippen LogP contribution in [0.5, 0.6) is 0 Å². The Hall–Kier alpha value is -1.50. The van der Waals surface area contributed by atoms with Crippen molar-refractivity contribution in [1.29, 1.82) is 0 Å². The molecule has 168 valence electrons. The summed E-state index contributed by atoms with van der Waals surface area (Å²) in [4.78, 5) is 28.5. The molecular formula is C24H30BrClN2O2S. The second kappa shape index (κ2) is 13.8. The molecule has 0 aliphatic rings. The number of unbranched alkanes of at least 4 members (excludes halogenated alkanes) is 1. The Balaban J connectivity index is 1.96. The van der Waals surface area contributed by atoms with Crippen LogP contribution in [0.2, 0.25) is 5.02 Å². The van der Waals surface area contributed by atoms with Gasteiger partial charge in [-0.3, -0.25) is 9.59 Å². The highest BCUT2D eigenvalue weighted by atomic mass is 79.9. The number of carbonyl (C=O) groups excluding carboxylic acids is 2. The fraction of sp³-hybridized carbons (Fsp3) is 0.417. The highest BCUT2D eigenvalue weighted by molar-refractivity contribution is 9.10. The molecule has 0 radical (unpaired) electrons. The van der Waals surface area contributed by atoms with E-state index >= 15 is 0 Å². The summed E-state index contributed by atoms with van der Waals surface area (Å²) < 4.78 is 0.985. The van der Waals surface area contributed by atoms with Gasteiger partial charge in [0.25, 0.3) is 0 Å². The van der Waals surface area contributed by atoms with Crippen molar-refractivity contribution in [3.8, 4) is 0 Å². The van der Waals surface area contributed by atoms with Crippen molar-refractivity contribution in [2.75, 3.05) is 12.3 Å². The van der Waals surface area contributed by atoms with Gasteiger partial charge in [-0.1, -0.05) is 53.0 Å². The molecule has 0 saturated heterocycles. The molecule has 1 atom stereocenters. The van der Waals surface area contributed by atoms with Crippen molar-refractivity contribution in [2.24, 2.45) is 0 Å². The van der Waals surface area contributed by atoms with Crippen LogP contribution in [0.3, 0.4) is 0 Å². The first kappa shape index (κ1) is 25.8. The smallest absolute Gasteiger partial charge is 0.242 e. The SMILES string of the molecule is CCCCNC(=O)C(C)N(Cc1ccc(Br)cc1)C(=O)CCCSc1ccc(Cl)cc1. The Bertz CT molecular complexity index is 830. The number of nitrogens with zero attached hydrogens (tertiary/aromatic N) is 1. The van der Waals surface area contributed by atoms with E-state index in [1.165, 1.54) is 0 Å². The zero-order valence-corrected chi connectivity index (χ0v) is 21.2. The maximum Gasteiger partial charge on any atom is 0.242 e. The second-order valence-electron chi connectivity index (χ2n) is 7.37. The van der Waals surface area contributed by atoms with Crippen LogP contribution >= 0.6 is 39.3 Å². The molecule has 1 N–H and O–H groups in total. The predicted molar refractivity (Wildman–Crippen MR) is 133 cm³/mol. The van der Waals surface area contributed by atoms with Crippen molar-refractivity contribution >= 4 is 51.1 Å². The van der Waals surface area contributed by atoms with Gasteiger partial charge in [0.2, 0.25) is 11.8 Å². The van der Waals surface area contributed by atoms with Crippen LogP contribution < -0.4 is 5.32 Å². The molecule has 7 heteroatoms. The van der Waals surface area contributed by atoms with Crippen LogP contribution in [0.25, 0.3) is 0 Å². The summed E-state index contributed by atoms with van der Waals surface area (Å²) in [6.45, 7) is 4.94. The maximum atomic E-state index is 13.1. The van der Waals surface area contributed by atoms with E-state index in [2.05, 4.69) is 28.2 Å². The fourth-order valence-corrected chi connectivity index (χ4v) is 4.24. The summed E-state index contributed by atoms with van der Waals surface area (Å²) in [6.07, 6.45) is 3.10. The number of hydrogen-bond acceptors (Lipinski definition) is 3. The minimum atomic E-state index is -0.517. The molecule has 0 aromatic heterocycles. The van der Waals surface area contributed by atoms with Gasteiger partial charge in [-0.15, -0.1) is 11.8 Å². The molecule has 0 fully saturated rings. The molecule has 4 nitrogen and oxygen atoms in total. The van der Waals surface area contributed by atoms with Crippen molar-refractivity contribution < 1.29 is 9.59 Å². The van der Waals surface area contributed by atoms with E-state index in [1.807, 2.05) is 48.5 Å². The summed E-state index contributed by atoms with van der Waals surface area (Å²) in [7, 11) is 0. The van der Waals surface area contributed by atoms with Crippen LogP contribution in [0.15, 0.2) is 57.9 Å². The Morgan fingerprint density at radius 3 is 2.42 bits per heavy atom. The fourth-order valence-electron chi connectivity index (χ4n) is 2.99. The zero-order chi connectivity index (χ0) is 22.6. The maximum absolute atomic E-state index is 13.1. The van der Waals surface area contributed by atoms with E-state index in [0.717, 1.165) is 39.9 Å². The summed E-state index contributed by atoms with van der Waals surface area (Å²) >= 11 is 11.1. The first-order valence-electron chi connectivity index (χ1n) is 10.6. The standard InChI is InChI=1S/C24H30BrClN2O2S/c1-3-4-15-27-24(30)18(2)28(17-19-7-9-20(25)10-8-19)23(29)6-5-16-31-22-13-11-21(26)12-14-22/h7-14,18H,3-6,15-17H2,1-2H3,(H,27,30). The molecule has 31 heavy (non-hydrogen) atoms. The number of nitrogens with one attached hydrogen (secondary N) is 1. The first-order valence-corrected chi connectivity index (χ1v) is 12.8. The van der Waals surface area contributed by atoms with E-state index in [-0.39, 0.29) is 11.8 Å². The lowest BCUT2D eigenvalue weighted by molar-refractivity contribution is -0.140. The van der Waals surface area contributed by atoms with Crippen LogP contribution in [0.1, 0.15) is 45.1 Å².